The van der Waals surface area contributed by atoms with Gasteiger partial charge in [0.2, 0.25) is 0 Å². The normalized spacial score (nSPS) is 10.8. The summed E-state index contributed by atoms with van der Waals surface area (Å²) < 4.78 is 0. The second-order valence-electron chi connectivity index (χ2n) is 4.34. The highest BCUT2D eigenvalue weighted by atomic mass is 32.1. The first kappa shape index (κ1) is 11.9. The summed E-state index contributed by atoms with van der Waals surface area (Å²) in [6.07, 6.45) is 3.59. The van der Waals surface area contributed by atoms with E-state index in [-0.39, 0.29) is 0 Å². The third-order valence-corrected chi connectivity index (χ3v) is 3.80. The fraction of sp³-hybridized carbons (Fsp3) is 0.143. The second-order valence-corrected chi connectivity index (χ2v) is 5.40. The average Bonchev–Trinajstić information content (AvgIpc) is 2.84. The van der Waals surface area contributed by atoms with Gasteiger partial charge in [-0.05, 0) is 25.1 Å². The summed E-state index contributed by atoms with van der Waals surface area (Å²) >= 11 is 1.66. The van der Waals surface area contributed by atoms with Crippen molar-refractivity contribution in [3.63, 3.8) is 0 Å². The van der Waals surface area contributed by atoms with Gasteiger partial charge in [0, 0.05) is 39.9 Å². The molecule has 0 saturated heterocycles. The Bertz CT molecular complexity index is 720. The minimum absolute atomic E-state index is 0.707. The van der Waals surface area contributed by atoms with Gasteiger partial charge in [-0.2, -0.15) is 0 Å². The molecule has 0 aliphatic carbocycles. The van der Waals surface area contributed by atoms with Crippen LogP contribution in [0, 0.1) is 6.92 Å². The first-order valence-electron chi connectivity index (χ1n) is 6.01. The SMILES string of the molecule is Cc1nc(CNc2ccc(N)c3ccncc23)cs1. The molecule has 96 valence electrons. The van der Waals surface area contributed by atoms with E-state index in [4.69, 9.17) is 5.73 Å². The average molecular weight is 270 g/mol. The number of thiazole rings is 1. The van der Waals surface area contributed by atoms with E-state index >= 15 is 0 Å². The number of fused-ring (bicyclic) bond motifs is 1. The molecule has 5 heteroatoms. The van der Waals surface area contributed by atoms with Crippen LogP contribution in [0.25, 0.3) is 10.8 Å². The van der Waals surface area contributed by atoms with Crippen LogP contribution in [0.3, 0.4) is 0 Å². The van der Waals surface area contributed by atoms with E-state index in [9.17, 15) is 0 Å². The van der Waals surface area contributed by atoms with Crippen LogP contribution in [0.2, 0.25) is 0 Å². The van der Waals surface area contributed by atoms with Crippen molar-refractivity contribution in [2.75, 3.05) is 11.1 Å². The molecule has 0 spiro atoms. The van der Waals surface area contributed by atoms with Gasteiger partial charge in [0.05, 0.1) is 17.2 Å². The quantitative estimate of drug-likeness (QED) is 0.717. The van der Waals surface area contributed by atoms with Crippen molar-refractivity contribution in [1.29, 1.82) is 0 Å². The Kier molecular flexibility index (Phi) is 3.05. The van der Waals surface area contributed by atoms with Crippen molar-refractivity contribution in [2.24, 2.45) is 0 Å². The lowest BCUT2D eigenvalue weighted by atomic mass is 10.1. The third kappa shape index (κ3) is 2.37. The van der Waals surface area contributed by atoms with Gasteiger partial charge in [-0.15, -0.1) is 11.3 Å². The zero-order chi connectivity index (χ0) is 13.2. The zero-order valence-corrected chi connectivity index (χ0v) is 11.4. The molecular weight excluding hydrogens is 256 g/mol. The van der Waals surface area contributed by atoms with E-state index in [1.165, 1.54) is 0 Å². The number of hydrogen-bond acceptors (Lipinski definition) is 5. The molecule has 0 atom stereocenters. The lowest BCUT2D eigenvalue weighted by molar-refractivity contribution is 1.06. The monoisotopic (exact) mass is 270 g/mol. The number of aryl methyl sites for hydroxylation is 1. The van der Waals surface area contributed by atoms with Gasteiger partial charge in [0.25, 0.3) is 0 Å². The molecule has 2 aromatic heterocycles. The van der Waals surface area contributed by atoms with Gasteiger partial charge in [-0.3, -0.25) is 4.98 Å². The Labute approximate surface area is 115 Å². The Balaban J connectivity index is 1.91. The number of nitrogens with two attached hydrogens (primary N) is 1. The van der Waals surface area contributed by atoms with Crippen molar-refractivity contribution in [2.45, 2.75) is 13.5 Å². The molecule has 0 aliphatic heterocycles. The number of rotatable bonds is 3. The first-order chi connectivity index (χ1) is 9.24. The Hall–Kier alpha value is -2.14. The molecule has 3 rings (SSSR count). The summed E-state index contributed by atoms with van der Waals surface area (Å²) in [5, 5.41) is 8.61. The molecule has 0 amide bonds. The predicted molar refractivity (Wildman–Crippen MR) is 80.3 cm³/mol. The summed E-state index contributed by atoms with van der Waals surface area (Å²) in [4.78, 5) is 8.60. The Morgan fingerprint density at radius 1 is 1.26 bits per heavy atom. The highest BCUT2D eigenvalue weighted by Crippen LogP contribution is 2.27. The number of pyridine rings is 1. The van der Waals surface area contributed by atoms with Crippen molar-refractivity contribution in [3.05, 3.63) is 46.7 Å². The van der Waals surface area contributed by atoms with Crippen LogP contribution < -0.4 is 11.1 Å². The van der Waals surface area contributed by atoms with Crippen molar-refractivity contribution in [3.8, 4) is 0 Å². The molecule has 19 heavy (non-hydrogen) atoms. The standard InChI is InChI=1S/C14H14N4S/c1-9-18-10(8-19-9)6-17-14-3-2-13(15)11-4-5-16-7-12(11)14/h2-5,7-8,17H,6,15H2,1H3. The highest BCUT2D eigenvalue weighted by Gasteiger charge is 2.04. The van der Waals surface area contributed by atoms with E-state index in [1.54, 1.807) is 17.5 Å². The number of anilines is 2. The van der Waals surface area contributed by atoms with Gasteiger partial charge in [-0.1, -0.05) is 0 Å². The van der Waals surface area contributed by atoms with Gasteiger partial charge in [-0.25, -0.2) is 4.98 Å². The molecular formula is C14H14N4S. The fourth-order valence-corrected chi connectivity index (χ4v) is 2.66. The zero-order valence-electron chi connectivity index (χ0n) is 10.6. The third-order valence-electron chi connectivity index (χ3n) is 2.98. The maximum Gasteiger partial charge on any atom is 0.0898 e. The molecule has 0 saturated carbocycles. The second kappa shape index (κ2) is 4.85. The molecule has 3 aromatic rings. The van der Waals surface area contributed by atoms with Crippen molar-refractivity contribution < 1.29 is 0 Å². The number of nitrogens with one attached hydrogen (secondary N) is 1. The lowest BCUT2D eigenvalue weighted by Crippen LogP contribution is -2.01. The van der Waals surface area contributed by atoms with Crippen LogP contribution in [-0.2, 0) is 6.54 Å². The first-order valence-corrected chi connectivity index (χ1v) is 6.89. The van der Waals surface area contributed by atoms with Crippen LogP contribution in [0.15, 0.2) is 36.0 Å². The number of nitrogen functional groups attached to an aromatic ring is 1. The fourth-order valence-electron chi connectivity index (χ4n) is 2.04. The minimum Gasteiger partial charge on any atom is -0.398 e. The summed E-state index contributed by atoms with van der Waals surface area (Å²) in [6, 6.07) is 5.83. The van der Waals surface area contributed by atoms with E-state index < -0.39 is 0 Å². The van der Waals surface area contributed by atoms with E-state index in [2.05, 4.69) is 20.7 Å². The van der Waals surface area contributed by atoms with Crippen LogP contribution in [0.5, 0.6) is 0 Å². The largest absolute Gasteiger partial charge is 0.398 e. The molecule has 0 fully saturated rings. The van der Waals surface area contributed by atoms with Gasteiger partial charge >= 0.3 is 0 Å². The molecule has 2 heterocycles. The van der Waals surface area contributed by atoms with Crippen molar-refractivity contribution >= 4 is 33.5 Å². The molecule has 0 aliphatic rings. The Morgan fingerprint density at radius 3 is 2.95 bits per heavy atom. The lowest BCUT2D eigenvalue weighted by Gasteiger charge is -2.10. The smallest absolute Gasteiger partial charge is 0.0898 e. The van der Waals surface area contributed by atoms with Gasteiger partial charge in [0.15, 0.2) is 0 Å². The molecule has 0 radical (unpaired) electrons. The molecule has 1 aromatic carbocycles. The van der Waals surface area contributed by atoms with E-state index in [1.807, 2.05) is 31.3 Å². The van der Waals surface area contributed by atoms with Gasteiger partial charge in [0.1, 0.15) is 0 Å². The number of benzene rings is 1. The maximum atomic E-state index is 5.97. The van der Waals surface area contributed by atoms with Crippen LogP contribution in [0.1, 0.15) is 10.7 Å². The van der Waals surface area contributed by atoms with E-state index in [0.717, 1.165) is 32.8 Å². The van der Waals surface area contributed by atoms with E-state index in [0.29, 0.717) is 6.54 Å². The van der Waals surface area contributed by atoms with Crippen LogP contribution >= 0.6 is 11.3 Å². The molecule has 3 N–H and O–H groups in total. The highest BCUT2D eigenvalue weighted by molar-refractivity contribution is 7.09. The molecule has 4 nitrogen and oxygen atoms in total. The molecule has 0 bridgehead atoms. The topological polar surface area (TPSA) is 63.8 Å². The van der Waals surface area contributed by atoms with Crippen LogP contribution in [0.4, 0.5) is 11.4 Å². The Morgan fingerprint density at radius 2 is 2.16 bits per heavy atom. The number of aromatic nitrogens is 2. The number of nitrogens with zero attached hydrogens (tertiary/aromatic N) is 2. The summed E-state index contributed by atoms with van der Waals surface area (Å²) in [5.41, 5.74) is 8.82. The van der Waals surface area contributed by atoms with Gasteiger partial charge < -0.3 is 11.1 Å². The maximum absolute atomic E-state index is 5.97. The number of hydrogen-bond donors (Lipinski definition) is 2. The van der Waals surface area contributed by atoms with Crippen molar-refractivity contribution in [1.82, 2.24) is 9.97 Å². The molecule has 0 unspecified atom stereocenters. The van der Waals surface area contributed by atoms with Crippen LogP contribution in [-0.4, -0.2) is 9.97 Å². The minimum atomic E-state index is 0.707. The predicted octanol–water partition coefficient (Wildman–Crippen LogP) is 3.19. The summed E-state index contributed by atoms with van der Waals surface area (Å²) in [5.74, 6) is 0. The summed E-state index contributed by atoms with van der Waals surface area (Å²) in [6.45, 7) is 2.72. The summed E-state index contributed by atoms with van der Waals surface area (Å²) in [7, 11) is 0.